The van der Waals surface area contributed by atoms with E-state index in [0.29, 0.717) is 0 Å². The highest BCUT2D eigenvalue weighted by atomic mass is 16.7. The van der Waals surface area contributed by atoms with E-state index >= 15 is 0 Å². The number of ether oxygens (including phenoxy) is 4. The monoisotopic (exact) mass is 430 g/mol. The third-order valence-electron chi connectivity index (χ3n) is 5.15. The van der Waals surface area contributed by atoms with Crippen LogP contribution in [0.2, 0.25) is 0 Å². The van der Waals surface area contributed by atoms with E-state index < -0.39 is 74.3 Å². The first kappa shape index (κ1) is 23.0. The number of aliphatic hydroxyl groups excluding tert-OH is 6. The molecule has 6 N–H and O–H groups in total. The molecule has 168 valence electrons. The van der Waals surface area contributed by atoms with Gasteiger partial charge in [-0.15, -0.1) is 0 Å². The number of hydrogen-bond donors (Lipinski definition) is 6. The average molecular weight is 430 g/mol. The van der Waals surface area contributed by atoms with Crippen molar-refractivity contribution < 1.29 is 54.4 Å². The van der Waals surface area contributed by atoms with Crippen LogP contribution in [0.5, 0.6) is 0 Å². The van der Waals surface area contributed by atoms with Crippen LogP contribution in [0.1, 0.15) is 10.4 Å². The lowest BCUT2D eigenvalue weighted by Gasteiger charge is -2.44. The van der Waals surface area contributed by atoms with Gasteiger partial charge in [-0.05, 0) is 12.1 Å². The SMILES string of the molecule is O=C(O[C@H]1[C@H](O)[C@@H](CO)OC[C@@H]1O[C@H]1O[C@H](CO)[C@@H](O)[C@H](O)[C@H]1O)c1ccccc1. The van der Waals surface area contributed by atoms with Crippen LogP contribution in [0.3, 0.4) is 0 Å². The minimum absolute atomic E-state index is 0.225. The van der Waals surface area contributed by atoms with E-state index in [2.05, 4.69) is 0 Å². The summed E-state index contributed by atoms with van der Waals surface area (Å²) in [7, 11) is 0. The molecule has 2 heterocycles. The van der Waals surface area contributed by atoms with Crippen LogP contribution >= 0.6 is 0 Å². The van der Waals surface area contributed by atoms with Crippen molar-refractivity contribution in [3.63, 3.8) is 0 Å². The topological polar surface area (TPSA) is 175 Å². The van der Waals surface area contributed by atoms with Crippen molar-refractivity contribution in [2.75, 3.05) is 19.8 Å². The van der Waals surface area contributed by atoms with Crippen molar-refractivity contribution in [1.29, 1.82) is 0 Å². The van der Waals surface area contributed by atoms with Crippen molar-refractivity contribution >= 4 is 5.97 Å². The Morgan fingerprint density at radius 1 is 0.933 bits per heavy atom. The molecule has 2 fully saturated rings. The Bertz CT molecular complexity index is 684. The molecule has 11 nitrogen and oxygen atoms in total. The van der Waals surface area contributed by atoms with Gasteiger partial charge in [-0.25, -0.2) is 4.79 Å². The summed E-state index contributed by atoms with van der Waals surface area (Å²) in [6, 6.07) is 8.02. The fourth-order valence-electron chi connectivity index (χ4n) is 3.38. The molecule has 3 rings (SSSR count). The van der Waals surface area contributed by atoms with Gasteiger partial charge in [-0.3, -0.25) is 0 Å². The second-order valence-electron chi connectivity index (χ2n) is 7.15. The van der Waals surface area contributed by atoms with Crippen molar-refractivity contribution in [3.05, 3.63) is 35.9 Å². The van der Waals surface area contributed by atoms with Gasteiger partial charge < -0.3 is 49.6 Å². The van der Waals surface area contributed by atoms with Crippen LogP contribution < -0.4 is 0 Å². The maximum Gasteiger partial charge on any atom is 0.338 e. The van der Waals surface area contributed by atoms with E-state index in [1.165, 1.54) is 12.1 Å². The zero-order chi connectivity index (χ0) is 21.8. The Morgan fingerprint density at radius 3 is 2.23 bits per heavy atom. The van der Waals surface area contributed by atoms with Gasteiger partial charge in [0.25, 0.3) is 0 Å². The van der Waals surface area contributed by atoms with E-state index in [9.17, 15) is 35.4 Å². The number of esters is 1. The molecule has 30 heavy (non-hydrogen) atoms. The molecule has 2 aliphatic heterocycles. The lowest BCUT2D eigenvalue weighted by molar-refractivity contribution is -0.331. The Balaban J connectivity index is 1.76. The van der Waals surface area contributed by atoms with Crippen molar-refractivity contribution in [2.45, 2.75) is 55.1 Å². The fourth-order valence-corrected chi connectivity index (χ4v) is 3.38. The summed E-state index contributed by atoms with van der Waals surface area (Å²) in [6.45, 7) is -1.41. The number of carbonyl (C=O) groups excluding carboxylic acids is 1. The molecule has 0 aliphatic carbocycles. The number of rotatable bonds is 6. The molecule has 0 radical (unpaired) electrons. The Kier molecular flexibility index (Phi) is 7.74. The fraction of sp³-hybridized carbons (Fsp3) is 0.632. The molecule has 11 heteroatoms. The zero-order valence-electron chi connectivity index (χ0n) is 15.9. The first-order valence-electron chi connectivity index (χ1n) is 9.50. The summed E-state index contributed by atoms with van der Waals surface area (Å²) in [4.78, 5) is 12.5. The largest absolute Gasteiger partial charge is 0.453 e. The van der Waals surface area contributed by atoms with Crippen LogP contribution in [-0.4, -0.2) is 112 Å². The van der Waals surface area contributed by atoms with Gasteiger partial charge in [0.15, 0.2) is 12.4 Å². The van der Waals surface area contributed by atoms with Crippen molar-refractivity contribution in [1.82, 2.24) is 0 Å². The highest BCUT2D eigenvalue weighted by Crippen LogP contribution is 2.28. The molecule has 0 unspecified atom stereocenters. The van der Waals surface area contributed by atoms with Gasteiger partial charge in [0.05, 0.1) is 25.4 Å². The quantitative estimate of drug-likeness (QED) is 0.256. The standard InChI is InChI=1S/C19H26O11/c20-6-10-14(23)17(30-18(26)9-4-2-1-3-5-9)12(8-27-10)29-19-16(25)15(24)13(22)11(7-21)28-19/h1-5,10-17,19-25H,6-8H2/t10-,11-,12+,13-,14-,15+,16-,17-,19-/m1/s1. The highest BCUT2D eigenvalue weighted by molar-refractivity contribution is 5.89. The average Bonchev–Trinajstić information content (AvgIpc) is 2.77. The number of benzene rings is 1. The molecule has 0 amide bonds. The molecule has 1 aromatic carbocycles. The number of aliphatic hydroxyl groups is 6. The maximum absolute atomic E-state index is 12.5. The first-order chi connectivity index (χ1) is 14.4. The molecule has 2 aliphatic rings. The second kappa shape index (κ2) is 10.1. The Labute approximate surface area is 172 Å². The third-order valence-corrected chi connectivity index (χ3v) is 5.15. The van der Waals surface area contributed by atoms with Crippen LogP contribution in [0, 0.1) is 0 Å². The molecular weight excluding hydrogens is 404 g/mol. The van der Waals surface area contributed by atoms with Gasteiger partial charge >= 0.3 is 5.97 Å². The molecule has 2 saturated heterocycles. The van der Waals surface area contributed by atoms with E-state index in [1.807, 2.05) is 0 Å². The van der Waals surface area contributed by atoms with Crippen LogP contribution in [0.25, 0.3) is 0 Å². The number of hydrogen-bond acceptors (Lipinski definition) is 11. The summed E-state index contributed by atoms with van der Waals surface area (Å²) < 4.78 is 21.7. The van der Waals surface area contributed by atoms with Crippen LogP contribution in [0.15, 0.2) is 30.3 Å². The minimum atomic E-state index is -1.68. The molecule has 0 spiro atoms. The van der Waals surface area contributed by atoms with Gasteiger partial charge in [-0.2, -0.15) is 0 Å². The smallest absolute Gasteiger partial charge is 0.338 e. The van der Waals surface area contributed by atoms with E-state index in [-0.39, 0.29) is 12.2 Å². The van der Waals surface area contributed by atoms with Gasteiger partial charge in [0, 0.05) is 0 Å². The predicted octanol–water partition coefficient (Wildman–Crippen LogP) is -2.85. The number of carbonyl (C=O) groups is 1. The van der Waals surface area contributed by atoms with Gasteiger partial charge in [0.1, 0.15) is 42.7 Å². The van der Waals surface area contributed by atoms with E-state index in [1.54, 1.807) is 18.2 Å². The molecule has 0 aromatic heterocycles. The maximum atomic E-state index is 12.5. The van der Waals surface area contributed by atoms with Crippen LogP contribution in [0.4, 0.5) is 0 Å². The van der Waals surface area contributed by atoms with E-state index in [0.717, 1.165) is 0 Å². The Hall–Kier alpha value is -1.67. The van der Waals surface area contributed by atoms with Crippen LogP contribution in [-0.2, 0) is 18.9 Å². The molecule has 0 bridgehead atoms. The zero-order valence-corrected chi connectivity index (χ0v) is 15.9. The molecule has 1 aromatic rings. The van der Waals surface area contributed by atoms with E-state index in [4.69, 9.17) is 18.9 Å². The minimum Gasteiger partial charge on any atom is -0.453 e. The van der Waals surface area contributed by atoms with Gasteiger partial charge in [-0.1, -0.05) is 18.2 Å². The van der Waals surface area contributed by atoms with Gasteiger partial charge in [0.2, 0.25) is 0 Å². The summed E-state index contributed by atoms with van der Waals surface area (Å²) in [6.07, 6.45) is -12.5. The normalized spacial score (nSPS) is 39.5. The Morgan fingerprint density at radius 2 is 1.60 bits per heavy atom. The first-order valence-corrected chi connectivity index (χ1v) is 9.50. The van der Waals surface area contributed by atoms with Crippen molar-refractivity contribution in [3.8, 4) is 0 Å². The summed E-state index contributed by atoms with van der Waals surface area (Å²) >= 11 is 0. The molecule has 0 saturated carbocycles. The second-order valence-corrected chi connectivity index (χ2v) is 7.15. The lowest BCUT2D eigenvalue weighted by Crippen LogP contribution is -2.62. The highest BCUT2D eigenvalue weighted by Gasteiger charge is 2.49. The summed E-state index contributed by atoms with van der Waals surface area (Å²) in [5.74, 6) is -0.749. The van der Waals surface area contributed by atoms with Crippen molar-refractivity contribution in [2.24, 2.45) is 0 Å². The molecule has 9 atom stereocenters. The summed E-state index contributed by atoms with van der Waals surface area (Å²) in [5, 5.41) is 59.2. The lowest BCUT2D eigenvalue weighted by atomic mass is 9.98. The predicted molar refractivity (Wildman–Crippen MR) is 97.1 cm³/mol. The summed E-state index contributed by atoms with van der Waals surface area (Å²) in [5.41, 5.74) is 0.225. The third kappa shape index (κ3) is 4.80. The molecular formula is C19H26O11.